The maximum Gasteiger partial charge on any atom is 0.272 e. The zero-order valence-corrected chi connectivity index (χ0v) is 11.6. The molecule has 1 unspecified atom stereocenters. The van der Waals surface area contributed by atoms with Gasteiger partial charge in [-0.15, -0.1) is 0 Å². The number of carbonyl (C=O) groups excluding carboxylic acids is 2. The Balaban J connectivity index is 2.57. The number of hydrogen-bond acceptors (Lipinski definition) is 10. The van der Waals surface area contributed by atoms with Crippen molar-refractivity contribution in [3.8, 4) is 0 Å². The fourth-order valence-corrected chi connectivity index (χ4v) is 3.11. The number of rotatable bonds is 6. The van der Waals surface area contributed by atoms with E-state index in [1.54, 1.807) is 0 Å². The van der Waals surface area contributed by atoms with E-state index in [-0.39, 0.29) is 13.0 Å². The first-order valence-corrected chi connectivity index (χ1v) is 8.13. The summed E-state index contributed by atoms with van der Waals surface area (Å²) in [5.41, 5.74) is 0. The molecule has 0 saturated carbocycles. The van der Waals surface area contributed by atoms with E-state index >= 15 is 0 Å². The summed E-state index contributed by atoms with van der Waals surface area (Å²) in [6.07, 6.45) is 0.530. The Labute approximate surface area is 113 Å². The highest BCUT2D eigenvalue weighted by Crippen LogP contribution is 2.50. The summed E-state index contributed by atoms with van der Waals surface area (Å²) < 4.78 is 28.0. The van der Waals surface area contributed by atoms with Crippen LogP contribution in [0, 0.1) is 0 Å². The minimum atomic E-state index is -5.83. The molecule has 2 atom stereocenters. The second-order valence-electron chi connectivity index (χ2n) is 3.81. The van der Waals surface area contributed by atoms with Gasteiger partial charge in [-0.1, -0.05) is 0 Å². The molecule has 1 aliphatic heterocycles. The van der Waals surface area contributed by atoms with Crippen LogP contribution < -0.4 is 19.8 Å². The topological polar surface area (TPSA) is 182 Å². The number of phosphoric ester groups is 1. The Kier molecular flexibility index (Phi) is 5.45. The minimum Gasteiger partial charge on any atom is -0.790 e. The molecule has 1 saturated heterocycles. The van der Waals surface area contributed by atoms with E-state index in [2.05, 4.69) is 8.83 Å². The molecule has 116 valence electrons. The van der Waals surface area contributed by atoms with Crippen LogP contribution in [-0.4, -0.2) is 36.0 Å². The number of nitrogens with zero attached hydrogens (tertiary/aromatic N) is 1. The highest BCUT2D eigenvalue weighted by Gasteiger charge is 2.30. The first kappa shape index (κ1) is 17.3. The van der Waals surface area contributed by atoms with E-state index in [9.17, 15) is 38.5 Å². The summed E-state index contributed by atoms with van der Waals surface area (Å²) in [5, 5.41) is 10.7. The van der Waals surface area contributed by atoms with Gasteiger partial charge in [-0.25, -0.2) is 0 Å². The predicted octanol–water partition coefficient (Wildman–Crippen LogP) is -3.94. The molecule has 0 aromatic carbocycles. The number of hydrogen-bond donors (Lipinski definition) is 0. The molecule has 1 heterocycles. The molecule has 0 radical (unpaired) electrons. The lowest BCUT2D eigenvalue weighted by molar-refractivity contribution is -0.339. The molecule has 13 heteroatoms. The summed E-state index contributed by atoms with van der Waals surface area (Å²) in [7, 11) is -11.3. The number of carboxylic acid groups (broad SMARTS) is 1. The van der Waals surface area contributed by atoms with Crippen LogP contribution in [0.4, 0.5) is 0 Å². The van der Waals surface area contributed by atoms with Crippen molar-refractivity contribution in [1.29, 1.82) is 0 Å². The van der Waals surface area contributed by atoms with Crippen molar-refractivity contribution in [3.05, 3.63) is 0 Å². The molecule has 0 aromatic heterocycles. The molecule has 0 spiro atoms. The number of amides is 1. The van der Waals surface area contributed by atoms with E-state index < -0.39 is 40.2 Å². The van der Waals surface area contributed by atoms with E-state index in [0.717, 1.165) is 4.90 Å². The molecule has 0 aliphatic carbocycles. The quantitative estimate of drug-likeness (QED) is 0.436. The number of likely N-dealkylation sites (tertiary alicyclic amines) is 1. The van der Waals surface area contributed by atoms with E-state index in [1.165, 1.54) is 0 Å². The Hall–Kier alpha value is -0.800. The second-order valence-corrected chi connectivity index (χ2v) is 6.51. The van der Waals surface area contributed by atoms with E-state index in [0.29, 0.717) is 6.42 Å². The lowest BCUT2D eigenvalue weighted by Crippen LogP contribution is -2.48. The van der Waals surface area contributed by atoms with Crippen LogP contribution in [-0.2, 0) is 27.6 Å². The molecule has 0 N–H and O–H groups in total. The molecule has 20 heavy (non-hydrogen) atoms. The van der Waals surface area contributed by atoms with Gasteiger partial charge in [0.25, 0.3) is 7.82 Å². The van der Waals surface area contributed by atoms with Gasteiger partial charge in [0, 0.05) is 6.54 Å². The molecule has 1 amide bonds. The number of carbonyl (C=O) groups is 2. The molecule has 11 nitrogen and oxygen atoms in total. The predicted molar refractivity (Wildman–Crippen MR) is 52.0 cm³/mol. The van der Waals surface area contributed by atoms with Crippen molar-refractivity contribution in [2.45, 2.75) is 18.9 Å². The maximum atomic E-state index is 11.5. The number of phosphoric acid groups is 2. The van der Waals surface area contributed by atoms with Gasteiger partial charge in [-0.2, -0.15) is 0 Å². The molecule has 1 fully saturated rings. The van der Waals surface area contributed by atoms with Crippen molar-refractivity contribution < 1.29 is 47.3 Å². The van der Waals surface area contributed by atoms with Gasteiger partial charge in [0.05, 0.1) is 19.8 Å². The third-order valence-electron chi connectivity index (χ3n) is 2.39. The van der Waals surface area contributed by atoms with Crippen LogP contribution in [0.25, 0.3) is 0 Å². The lowest BCUT2D eigenvalue weighted by Gasteiger charge is -2.35. The van der Waals surface area contributed by atoms with Gasteiger partial charge < -0.3 is 38.6 Å². The van der Waals surface area contributed by atoms with Crippen molar-refractivity contribution in [2.75, 3.05) is 13.2 Å². The molecule has 0 aromatic rings. The lowest BCUT2D eigenvalue weighted by atomic mass is 10.2. The Morgan fingerprint density at radius 1 is 1.25 bits per heavy atom. The molecule has 0 bridgehead atoms. The minimum absolute atomic E-state index is 0.0620. The van der Waals surface area contributed by atoms with Crippen LogP contribution in [0.15, 0.2) is 0 Å². The van der Waals surface area contributed by atoms with Crippen molar-refractivity contribution >= 4 is 27.5 Å². The van der Waals surface area contributed by atoms with E-state index in [4.69, 9.17) is 0 Å². The smallest absolute Gasteiger partial charge is 0.272 e. The highest BCUT2D eigenvalue weighted by atomic mass is 31.3. The van der Waals surface area contributed by atoms with Gasteiger partial charge in [0.15, 0.2) is 0 Å². The summed E-state index contributed by atoms with van der Waals surface area (Å²) in [6.45, 7) is -1.11. The summed E-state index contributed by atoms with van der Waals surface area (Å²) >= 11 is 0. The third kappa shape index (κ3) is 5.29. The maximum absolute atomic E-state index is 11.5. The molecule has 1 rings (SSSR count). The van der Waals surface area contributed by atoms with Crippen LogP contribution in [0.5, 0.6) is 0 Å². The fourth-order valence-electron chi connectivity index (χ4n) is 1.67. The van der Waals surface area contributed by atoms with Gasteiger partial charge in [-0.05, 0) is 12.8 Å². The highest BCUT2D eigenvalue weighted by molar-refractivity contribution is 7.58. The summed E-state index contributed by atoms with van der Waals surface area (Å²) in [6, 6.07) is -1.21. The Morgan fingerprint density at radius 2 is 1.85 bits per heavy atom. The molecular formula is C7H9NO10P2-4. The Morgan fingerprint density at radius 3 is 2.35 bits per heavy atom. The number of carboxylic acids is 1. The van der Waals surface area contributed by atoms with Crippen LogP contribution in [0.3, 0.4) is 0 Å². The second kappa shape index (κ2) is 6.31. The Bertz CT molecular complexity index is 486. The van der Waals surface area contributed by atoms with Gasteiger partial charge in [-0.3, -0.25) is 13.7 Å². The third-order valence-corrected chi connectivity index (χ3v) is 4.44. The SMILES string of the molecule is O=C([O-])[C@@H]1CCCN1C(=O)COP(=O)([O-])OP(=O)([O-])[O-]. The van der Waals surface area contributed by atoms with Crippen LogP contribution in [0.2, 0.25) is 0 Å². The first-order valence-electron chi connectivity index (χ1n) is 5.21. The van der Waals surface area contributed by atoms with Gasteiger partial charge in [0.2, 0.25) is 5.91 Å². The number of aliphatic carboxylic acids is 1. The van der Waals surface area contributed by atoms with Crippen molar-refractivity contribution in [2.24, 2.45) is 0 Å². The average Bonchev–Trinajstić information content (AvgIpc) is 2.71. The van der Waals surface area contributed by atoms with E-state index in [1.807, 2.05) is 0 Å². The first-order chi connectivity index (χ1) is 9.02. The standard InChI is InChI=1S/C7H13NO10P2/c9-6(8-3-1-2-5(8)7(10)11)4-17-20(15,16)18-19(12,13)14/h5H,1-4H2,(H,10,11)(H,15,16)(H2,12,13,14)/p-4/t5-/m0/s1. The zero-order valence-electron chi connectivity index (χ0n) is 9.83. The largest absolute Gasteiger partial charge is 0.790 e. The molecular weight excluding hydrogens is 320 g/mol. The normalized spacial score (nSPS) is 22.6. The van der Waals surface area contributed by atoms with Crippen molar-refractivity contribution in [1.82, 2.24) is 4.90 Å². The average molecular weight is 329 g/mol. The van der Waals surface area contributed by atoms with Crippen molar-refractivity contribution in [3.63, 3.8) is 0 Å². The van der Waals surface area contributed by atoms with Crippen LogP contribution >= 0.6 is 15.6 Å². The monoisotopic (exact) mass is 329 g/mol. The van der Waals surface area contributed by atoms with Gasteiger partial charge in [0.1, 0.15) is 6.61 Å². The zero-order chi connectivity index (χ0) is 15.6. The van der Waals surface area contributed by atoms with Gasteiger partial charge >= 0.3 is 0 Å². The molecule has 1 aliphatic rings. The fraction of sp³-hybridized carbons (Fsp3) is 0.714. The van der Waals surface area contributed by atoms with Crippen LogP contribution in [0.1, 0.15) is 12.8 Å². The summed E-state index contributed by atoms with van der Waals surface area (Å²) in [4.78, 5) is 54.2. The summed E-state index contributed by atoms with van der Waals surface area (Å²) in [5.74, 6) is -2.51.